The SMILES string of the molecule is COCCCN1C(=O)c2[nH]nc(-c3ccc(Cl)cc3)c2C1c1ccccn1. The molecule has 1 aliphatic heterocycles. The first-order valence-electron chi connectivity index (χ1n) is 8.75. The molecule has 2 aromatic heterocycles. The van der Waals surface area contributed by atoms with E-state index in [0.717, 1.165) is 28.9 Å². The molecule has 0 spiro atoms. The predicted octanol–water partition coefficient (Wildman–Crippen LogP) is 3.71. The fourth-order valence-corrected chi connectivity index (χ4v) is 3.61. The number of nitrogens with zero attached hydrogens (tertiary/aromatic N) is 3. The Morgan fingerprint density at radius 2 is 2.04 bits per heavy atom. The highest BCUT2D eigenvalue weighted by Gasteiger charge is 2.42. The third-order valence-corrected chi connectivity index (χ3v) is 4.95. The number of hydrogen-bond donors (Lipinski definition) is 1. The number of benzene rings is 1. The summed E-state index contributed by atoms with van der Waals surface area (Å²) < 4.78 is 5.15. The number of carbonyl (C=O) groups excluding carboxylic acids is 1. The Bertz CT molecular complexity index is 940. The number of methoxy groups -OCH3 is 1. The molecule has 0 fully saturated rings. The van der Waals surface area contributed by atoms with Crippen molar-refractivity contribution in [2.45, 2.75) is 12.5 Å². The minimum absolute atomic E-state index is 0.0653. The zero-order chi connectivity index (χ0) is 18.8. The minimum Gasteiger partial charge on any atom is -0.385 e. The van der Waals surface area contributed by atoms with Gasteiger partial charge in [0.05, 0.1) is 11.4 Å². The molecule has 1 aliphatic rings. The number of ether oxygens (including phenoxy) is 1. The summed E-state index contributed by atoms with van der Waals surface area (Å²) in [7, 11) is 1.66. The third-order valence-electron chi connectivity index (χ3n) is 4.70. The van der Waals surface area contributed by atoms with Gasteiger partial charge in [-0.2, -0.15) is 5.10 Å². The molecule has 6 nitrogen and oxygen atoms in total. The molecular weight excluding hydrogens is 364 g/mol. The zero-order valence-corrected chi connectivity index (χ0v) is 15.6. The number of fused-ring (bicyclic) bond motifs is 1. The van der Waals surface area contributed by atoms with Crippen LogP contribution < -0.4 is 0 Å². The van der Waals surface area contributed by atoms with Gasteiger partial charge >= 0.3 is 0 Å². The summed E-state index contributed by atoms with van der Waals surface area (Å²) in [5, 5.41) is 8.02. The van der Waals surface area contributed by atoms with Gasteiger partial charge in [-0.3, -0.25) is 14.9 Å². The maximum Gasteiger partial charge on any atom is 0.273 e. The van der Waals surface area contributed by atoms with E-state index in [4.69, 9.17) is 16.3 Å². The van der Waals surface area contributed by atoms with E-state index in [-0.39, 0.29) is 11.9 Å². The van der Waals surface area contributed by atoms with E-state index in [0.29, 0.717) is 23.9 Å². The highest BCUT2D eigenvalue weighted by atomic mass is 35.5. The molecule has 1 amide bonds. The van der Waals surface area contributed by atoms with Crippen molar-refractivity contribution in [3.8, 4) is 11.3 Å². The lowest BCUT2D eigenvalue weighted by molar-refractivity contribution is 0.0720. The molecule has 27 heavy (non-hydrogen) atoms. The Labute approximate surface area is 162 Å². The van der Waals surface area contributed by atoms with E-state index >= 15 is 0 Å². The number of nitrogens with one attached hydrogen (secondary N) is 1. The van der Waals surface area contributed by atoms with Gasteiger partial charge < -0.3 is 9.64 Å². The second kappa shape index (κ2) is 7.50. The first-order chi connectivity index (χ1) is 13.2. The maximum atomic E-state index is 13.0. The number of halogens is 1. The summed E-state index contributed by atoms with van der Waals surface area (Å²) in [4.78, 5) is 19.4. The molecule has 1 N–H and O–H groups in total. The highest BCUT2D eigenvalue weighted by molar-refractivity contribution is 6.30. The minimum atomic E-state index is -0.282. The summed E-state index contributed by atoms with van der Waals surface area (Å²) in [6.45, 7) is 1.17. The Morgan fingerprint density at radius 3 is 2.74 bits per heavy atom. The first kappa shape index (κ1) is 17.7. The monoisotopic (exact) mass is 382 g/mol. The lowest BCUT2D eigenvalue weighted by Crippen LogP contribution is -2.31. The lowest BCUT2D eigenvalue weighted by Gasteiger charge is -2.25. The van der Waals surface area contributed by atoms with Crippen LogP contribution in [0.5, 0.6) is 0 Å². The van der Waals surface area contributed by atoms with Crippen molar-refractivity contribution in [3.63, 3.8) is 0 Å². The third kappa shape index (κ3) is 3.22. The van der Waals surface area contributed by atoms with Crippen LogP contribution in [0.4, 0.5) is 0 Å². The van der Waals surface area contributed by atoms with Crippen molar-refractivity contribution < 1.29 is 9.53 Å². The molecule has 0 saturated heterocycles. The highest BCUT2D eigenvalue weighted by Crippen LogP contribution is 2.42. The fraction of sp³-hybridized carbons (Fsp3) is 0.250. The lowest BCUT2D eigenvalue weighted by atomic mass is 9.99. The van der Waals surface area contributed by atoms with Gasteiger partial charge in [0, 0.05) is 42.6 Å². The second-order valence-corrected chi connectivity index (χ2v) is 6.81. The van der Waals surface area contributed by atoms with Crippen LogP contribution in [0, 0.1) is 0 Å². The summed E-state index contributed by atoms with van der Waals surface area (Å²) in [5.41, 5.74) is 3.86. The molecule has 1 atom stereocenters. The van der Waals surface area contributed by atoms with E-state index in [1.54, 1.807) is 13.3 Å². The molecule has 3 aromatic rings. The number of carbonyl (C=O) groups is 1. The zero-order valence-electron chi connectivity index (χ0n) is 14.9. The van der Waals surface area contributed by atoms with Gasteiger partial charge in [0.2, 0.25) is 0 Å². The number of hydrogen-bond acceptors (Lipinski definition) is 4. The smallest absolute Gasteiger partial charge is 0.273 e. The number of H-pyrrole nitrogens is 1. The largest absolute Gasteiger partial charge is 0.385 e. The van der Waals surface area contributed by atoms with Crippen molar-refractivity contribution in [2.24, 2.45) is 0 Å². The van der Waals surface area contributed by atoms with Crippen LogP contribution in [0.2, 0.25) is 5.02 Å². The van der Waals surface area contributed by atoms with Crippen LogP contribution in [-0.4, -0.2) is 46.2 Å². The van der Waals surface area contributed by atoms with Gasteiger partial charge in [-0.1, -0.05) is 29.8 Å². The van der Waals surface area contributed by atoms with Crippen LogP contribution >= 0.6 is 11.6 Å². The van der Waals surface area contributed by atoms with Crippen molar-refractivity contribution >= 4 is 17.5 Å². The number of pyridine rings is 1. The van der Waals surface area contributed by atoms with Crippen molar-refractivity contribution in [1.82, 2.24) is 20.1 Å². The molecule has 3 heterocycles. The van der Waals surface area contributed by atoms with E-state index < -0.39 is 0 Å². The van der Waals surface area contributed by atoms with E-state index in [1.165, 1.54) is 0 Å². The molecule has 0 radical (unpaired) electrons. The molecule has 0 aliphatic carbocycles. The fourth-order valence-electron chi connectivity index (χ4n) is 3.48. The van der Waals surface area contributed by atoms with E-state index in [2.05, 4.69) is 15.2 Å². The standard InChI is InChI=1S/C20H19ClN4O2/c1-27-12-4-11-25-19(15-5-2-3-10-22-15)16-17(23-24-18(16)20(25)26)13-6-8-14(21)9-7-13/h2-3,5-10,19H,4,11-12H2,1H3,(H,23,24). The van der Waals surface area contributed by atoms with Crippen molar-refractivity contribution in [1.29, 1.82) is 0 Å². The maximum absolute atomic E-state index is 13.0. The number of aromatic nitrogens is 3. The number of rotatable bonds is 6. The van der Waals surface area contributed by atoms with Gasteiger partial charge in [-0.25, -0.2) is 0 Å². The number of aromatic amines is 1. The first-order valence-corrected chi connectivity index (χ1v) is 9.13. The average Bonchev–Trinajstić information content (AvgIpc) is 3.23. The summed E-state index contributed by atoms with van der Waals surface area (Å²) in [6, 6.07) is 12.9. The summed E-state index contributed by atoms with van der Waals surface area (Å²) in [6.07, 6.45) is 2.49. The van der Waals surface area contributed by atoms with E-state index in [1.807, 2.05) is 47.4 Å². The van der Waals surface area contributed by atoms with Crippen LogP contribution in [0.15, 0.2) is 48.7 Å². The second-order valence-electron chi connectivity index (χ2n) is 6.37. The molecule has 0 saturated carbocycles. The Morgan fingerprint density at radius 1 is 1.22 bits per heavy atom. The molecule has 0 bridgehead atoms. The quantitative estimate of drug-likeness (QED) is 0.660. The van der Waals surface area contributed by atoms with Gasteiger partial charge in [-0.15, -0.1) is 0 Å². The Balaban J connectivity index is 1.80. The van der Waals surface area contributed by atoms with Gasteiger partial charge in [-0.05, 0) is 30.7 Å². The topological polar surface area (TPSA) is 71.1 Å². The molecule has 138 valence electrons. The molecular formula is C20H19ClN4O2. The molecule has 1 aromatic carbocycles. The van der Waals surface area contributed by atoms with E-state index in [9.17, 15) is 4.79 Å². The van der Waals surface area contributed by atoms with Crippen LogP contribution in [-0.2, 0) is 4.74 Å². The van der Waals surface area contributed by atoms with Crippen LogP contribution in [0.1, 0.15) is 34.2 Å². The average molecular weight is 383 g/mol. The van der Waals surface area contributed by atoms with Crippen LogP contribution in [0.25, 0.3) is 11.3 Å². The summed E-state index contributed by atoms with van der Waals surface area (Å²) in [5.74, 6) is -0.0653. The normalized spacial score (nSPS) is 16.0. The van der Waals surface area contributed by atoms with Crippen LogP contribution in [0.3, 0.4) is 0 Å². The Kier molecular flexibility index (Phi) is 4.92. The predicted molar refractivity (Wildman–Crippen MR) is 103 cm³/mol. The molecule has 1 unspecified atom stereocenters. The molecule has 4 rings (SSSR count). The van der Waals surface area contributed by atoms with Gasteiger partial charge in [0.1, 0.15) is 11.7 Å². The summed E-state index contributed by atoms with van der Waals surface area (Å²) >= 11 is 6.02. The van der Waals surface area contributed by atoms with Crippen molar-refractivity contribution in [2.75, 3.05) is 20.3 Å². The van der Waals surface area contributed by atoms with Crippen molar-refractivity contribution in [3.05, 3.63) is 70.6 Å². The van der Waals surface area contributed by atoms with Gasteiger partial charge in [0.15, 0.2) is 0 Å². The number of amides is 1. The Hall–Kier alpha value is -2.70. The molecule has 7 heteroatoms. The van der Waals surface area contributed by atoms with Gasteiger partial charge in [0.25, 0.3) is 5.91 Å².